The molecule has 288 valence electrons. The zero-order valence-electron chi connectivity index (χ0n) is 34.6. The molecule has 2 heterocycles. The van der Waals surface area contributed by atoms with Crippen LogP contribution < -0.4 is 4.90 Å². The smallest absolute Gasteiger partial charge is 0.137 e. The van der Waals surface area contributed by atoms with Crippen LogP contribution in [0.2, 0.25) is 0 Å². The van der Waals surface area contributed by atoms with Gasteiger partial charge in [-0.05, 0) is 105 Å². The Balaban J connectivity index is 1.21. The summed E-state index contributed by atoms with van der Waals surface area (Å²) in [6.45, 7) is 13.9. The monoisotopic (exact) mass is 764 g/mol. The van der Waals surface area contributed by atoms with Crippen LogP contribution in [0, 0.1) is 0 Å². The molecular formula is C56H48N2O. The van der Waals surface area contributed by atoms with Crippen LogP contribution in [0.3, 0.4) is 0 Å². The van der Waals surface area contributed by atoms with E-state index in [4.69, 9.17) is 4.42 Å². The van der Waals surface area contributed by atoms with Gasteiger partial charge < -0.3 is 13.9 Å². The lowest BCUT2D eigenvalue weighted by atomic mass is 9.80. The first-order valence-corrected chi connectivity index (χ1v) is 20.7. The molecule has 0 radical (unpaired) electrons. The number of benzene rings is 8. The summed E-state index contributed by atoms with van der Waals surface area (Å²) in [7, 11) is 0. The minimum atomic E-state index is -0.0141. The van der Waals surface area contributed by atoms with Crippen LogP contribution in [0.4, 0.5) is 17.1 Å². The third kappa shape index (κ3) is 6.38. The Bertz CT molecular complexity index is 3140. The van der Waals surface area contributed by atoms with Crippen molar-refractivity contribution in [3.8, 4) is 27.9 Å². The highest BCUT2D eigenvalue weighted by Crippen LogP contribution is 2.46. The maximum Gasteiger partial charge on any atom is 0.137 e. The summed E-state index contributed by atoms with van der Waals surface area (Å²) in [6, 6.07) is 66.2. The molecule has 0 unspecified atom stereocenters. The summed E-state index contributed by atoms with van der Waals surface area (Å²) in [5.74, 6) is 0. The number of rotatable bonds is 6. The standard InChI is InChI=1S/C56H48N2O/c1-55(2,3)39-33-40(56(4,5)6)35-43(34-39)58-49-23-14-12-22-48(49)54-50(24-16-25-51(54)58)57(42-31-32-47-46-21-13-15-26-52(46)59-53(47)36-42)41-29-27-38(28-30-41)45-20-11-10-19-44(45)37-17-8-7-9-18-37/h7-36H,1-6H3. The van der Waals surface area contributed by atoms with E-state index in [1.165, 1.54) is 55.4 Å². The number of para-hydroxylation sites is 2. The maximum absolute atomic E-state index is 6.51. The summed E-state index contributed by atoms with van der Waals surface area (Å²) in [6.07, 6.45) is 0. The number of anilines is 3. The molecule has 0 amide bonds. The second-order valence-corrected chi connectivity index (χ2v) is 17.9. The van der Waals surface area contributed by atoms with Gasteiger partial charge >= 0.3 is 0 Å². The van der Waals surface area contributed by atoms with E-state index < -0.39 is 0 Å². The zero-order chi connectivity index (χ0) is 40.5. The van der Waals surface area contributed by atoms with Gasteiger partial charge in [-0.25, -0.2) is 0 Å². The molecule has 3 nitrogen and oxygen atoms in total. The average Bonchev–Trinajstić information content (AvgIpc) is 3.79. The van der Waals surface area contributed by atoms with Gasteiger partial charge in [0.25, 0.3) is 0 Å². The number of hydrogen-bond donors (Lipinski definition) is 0. The van der Waals surface area contributed by atoms with Gasteiger partial charge in [-0.1, -0.05) is 157 Å². The third-order valence-electron chi connectivity index (χ3n) is 11.9. The largest absolute Gasteiger partial charge is 0.456 e. The molecule has 59 heavy (non-hydrogen) atoms. The van der Waals surface area contributed by atoms with Crippen LogP contribution >= 0.6 is 0 Å². The van der Waals surface area contributed by atoms with Gasteiger partial charge in [0.2, 0.25) is 0 Å². The Labute approximate surface area is 346 Å². The third-order valence-corrected chi connectivity index (χ3v) is 11.9. The van der Waals surface area contributed by atoms with Gasteiger partial charge in [0.1, 0.15) is 11.2 Å². The first-order valence-electron chi connectivity index (χ1n) is 20.7. The van der Waals surface area contributed by atoms with Gasteiger partial charge in [-0.2, -0.15) is 0 Å². The van der Waals surface area contributed by atoms with Crippen molar-refractivity contribution in [1.82, 2.24) is 4.57 Å². The minimum absolute atomic E-state index is 0.0141. The lowest BCUT2D eigenvalue weighted by Gasteiger charge is -2.27. The van der Waals surface area contributed by atoms with Crippen molar-refractivity contribution in [2.45, 2.75) is 52.4 Å². The topological polar surface area (TPSA) is 21.3 Å². The molecule has 8 aromatic carbocycles. The summed E-state index contributed by atoms with van der Waals surface area (Å²) in [5, 5.41) is 4.64. The Morgan fingerprint density at radius 1 is 0.424 bits per heavy atom. The fraction of sp³-hybridized carbons (Fsp3) is 0.143. The lowest BCUT2D eigenvalue weighted by molar-refractivity contribution is 0.568. The molecule has 0 aliphatic rings. The molecule has 0 fully saturated rings. The Morgan fingerprint density at radius 3 is 1.68 bits per heavy atom. The van der Waals surface area contributed by atoms with E-state index in [1.807, 2.05) is 12.1 Å². The van der Waals surface area contributed by atoms with Gasteiger partial charge in [-0.15, -0.1) is 0 Å². The van der Waals surface area contributed by atoms with Crippen molar-refractivity contribution < 1.29 is 4.42 Å². The number of hydrogen-bond acceptors (Lipinski definition) is 2. The van der Waals surface area contributed by atoms with E-state index in [2.05, 4.69) is 221 Å². The van der Waals surface area contributed by atoms with Gasteiger partial charge in [0.05, 0.1) is 16.7 Å². The predicted molar refractivity (Wildman–Crippen MR) is 251 cm³/mol. The lowest BCUT2D eigenvalue weighted by Crippen LogP contribution is -2.17. The first kappa shape index (κ1) is 36.5. The average molecular weight is 765 g/mol. The van der Waals surface area contributed by atoms with E-state index >= 15 is 0 Å². The Kier molecular flexibility index (Phi) is 8.61. The molecule has 0 aliphatic carbocycles. The number of nitrogens with zero attached hydrogens (tertiary/aromatic N) is 2. The van der Waals surface area contributed by atoms with Crippen molar-refractivity contribution in [3.63, 3.8) is 0 Å². The fourth-order valence-corrected chi connectivity index (χ4v) is 8.75. The van der Waals surface area contributed by atoms with Crippen molar-refractivity contribution in [3.05, 3.63) is 193 Å². The second kappa shape index (κ2) is 13.9. The highest BCUT2D eigenvalue weighted by Gasteiger charge is 2.25. The maximum atomic E-state index is 6.51. The number of furan rings is 1. The van der Waals surface area contributed by atoms with Crippen molar-refractivity contribution in [2.75, 3.05) is 4.90 Å². The van der Waals surface area contributed by atoms with Gasteiger partial charge in [0.15, 0.2) is 0 Å². The van der Waals surface area contributed by atoms with Gasteiger partial charge in [0, 0.05) is 44.7 Å². The molecule has 0 bridgehead atoms. The second-order valence-electron chi connectivity index (χ2n) is 17.9. The van der Waals surface area contributed by atoms with E-state index in [0.29, 0.717) is 0 Å². The van der Waals surface area contributed by atoms with Crippen LogP contribution in [-0.4, -0.2) is 4.57 Å². The first-order chi connectivity index (χ1) is 28.5. The quantitative estimate of drug-likeness (QED) is 0.168. The van der Waals surface area contributed by atoms with E-state index in [9.17, 15) is 0 Å². The van der Waals surface area contributed by atoms with Crippen LogP contribution in [0.1, 0.15) is 52.7 Å². The van der Waals surface area contributed by atoms with Crippen molar-refractivity contribution >= 4 is 60.8 Å². The molecule has 10 rings (SSSR count). The molecule has 0 saturated heterocycles. The zero-order valence-corrected chi connectivity index (χ0v) is 34.6. The summed E-state index contributed by atoms with van der Waals surface area (Å²) in [5.41, 5.74) is 15.9. The van der Waals surface area contributed by atoms with E-state index in [1.54, 1.807) is 0 Å². The number of fused-ring (bicyclic) bond motifs is 6. The predicted octanol–water partition coefficient (Wildman–Crippen LogP) is 16.1. The molecule has 0 N–H and O–H groups in total. The molecule has 0 spiro atoms. The molecular weight excluding hydrogens is 717 g/mol. The SMILES string of the molecule is CC(C)(C)c1cc(-n2c3ccccc3c3c(N(c4ccc(-c5ccccc5-c5ccccc5)cc4)c4ccc5c(c4)oc4ccccc45)cccc32)cc(C(C)(C)C)c1. The number of aromatic nitrogens is 1. The van der Waals surface area contributed by atoms with Crippen LogP contribution in [0.25, 0.3) is 71.7 Å². The molecule has 0 atom stereocenters. The fourth-order valence-electron chi connectivity index (χ4n) is 8.75. The molecule has 2 aromatic heterocycles. The molecule has 0 aliphatic heterocycles. The minimum Gasteiger partial charge on any atom is -0.456 e. The summed E-state index contributed by atoms with van der Waals surface area (Å²) in [4.78, 5) is 2.41. The Hall–Kier alpha value is -6.84. The molecule has 3 heteroatoms. The van der Waals surface area contributed by atoms with Crippen LogP contribution in [-0.2, 0) is 10.8 Å². The Morgan fingerprint density at radius 2 is 0.983 bits per heavy atom. The van der Waals surface area contributed by atoms with Crippen molar-refractivity contribution in [2.24, 2.45) is 0 Å². The summed E-state index contributed by atoms with van der Waals surface area (Å²) >= 11 is 0. The van der Waals surface area contributed by atoms with Gasteiger partial charge in [-0.3, -0.25) is 0 Å². The van der Waals surface area contributed by atoms with E-state index in [0.717, 1.165) is 44.5 Å². The highest BCUT2D eigenvalue weighted by atomic mass is 16.3. The van der Waals surface area contributed by atoms with Crippen LogP contribution in [0.5, 0.6) is 0 Å². The normalized spacial score (nSPS) is 12.2. The molecule has 0 saturated carbocycles. The molecule has 10 aromatic rings. The summed E-state index contributed by atoms with van der Waals surface area (Å²) < 4.78 is 8.99. The van der Waals surface area contributed by atoms with Crippen LogP contribution in [0.15, 0.2) is 186 Å². The van der Waals surface area contributed by atoms with E-state index in [-0.39, 0.29) is 10.8 Å². The van der Waals surface area contributed by atoms with Crippen molar-refractivity contribution in [1.29, 1.82) is 0 Å². The highest BCUT2D eigenvalue weighted by molar-refractivity contribution is 6.17.